The van der Waals surface area contributed by atoms with E-state index in [4.69, 9.17) is 5.26 Å². The van der Waals surface area contributed by atoms with E-state index in [9.17, 15) is 4.39 Å². The van der Waals surface area contributed by atoms with Crippen molar-refractivity contribution in [3.8, 4) is 6.07 Å². The molecule has 1 aliphatic heterocycles. The number of nitrogens with one attached hydrogen (secondary N) is 1. The van der Waals surface area contributed by atoms with Crippen LogP contribution in [0, 0.1) is 17.1 Å². The maximum atomic E-state index is 13.2. The van der Waals surface area contributed by atoms with Crippen LogP contribution >= 0.6 is 0 Å². The van der Waals surface area contributed by atoms with Crippen LogP contribution in [0.2, 0.25) is 0 Å². The number of amidine groups is 1. The predicted octanol–water partition coefficient (Wildman–Crippen LogP) is 2.30. The summed E-state index contributed by atoms with van der Waals surface area (Å²) in [6, 6.07) is 6.38. The topological polar surface area (TPSA) is 48.2 Å². The smallest absolute Gasteiger partial charge is 0.143 e. The summed E-state index contributed by atoms with van der Waals surface area (Å²) in [5.74, 6) is 0.332. The Bertz CT molecular complexity index is 446. The minimum Gasteiger partial charge on any atom is -0.343 e. The van der Waals surface area contributed by atoms with Crippen LogP contribution in [0.15, 0.2) is 23.2 Å². The standard InChI is InChI=1S/C11H10FN3/c12-9-3-1-4-10(8(9)7-13)15-11-5-2-6-14-11/h1,3-4H,2,5-6H2,(H,14,15). The van der Waals surface area contributed by atoms with Crippen LogP contribution in [-0.4, -0.2) is 12.4 Å². The highest BCUT2D eigenvalue weighted by Crippen LogP contribution is 2.19. The number of hydrogen-bond acceptors (Lipinski definition) is 3. The molecule has 4 heteroatoms. The number of anilines is 1. The molecule has 1 heterocycles. The van der Waals surface area contributed by atoms with Gasteiger partial charge in [0.15, 0.2) is 0 Å². The van der Waals surface area contributed by atoms with Crippen LogP contribution in [0.25, 0.3) is 0 Å². The van der Waals surface area contributed by atoms with Gasteiger partial charge in [0, 0.05) is 13.0 Å². The van der Waals surface area contributed by atoms with Crippen molar-refractivity contribution in [2.45, 2.75) is 12.8 Å². The Kier molecular flexibility index (Phi) is 2.64. The van der Waals surface area contributed by atoms with Crippen molar-refractivity contribution in [2.24, 2.45) is 4.99 Å². The number of benzene rings is 1. The molecule has 0 amide bonds. The second-order valence-electron chi connectivity index (χ2n) is 3.33. The highest BCUT2D eigenvalue weighted by atomic mass is 19.1. The molecule has 0 spiro atoms. The maximum absolute atomic E-state index is 13.2. The van der Waals surface area contributed by atoms with Gasteiger partial charge in [0.2, 0.25) is 0 Å². The zero-order chi connectivity index (χ0) is 10.7. The Hall–Kier alpha value is -1.89. The molecule has 2 rings (SSSR count). The van der Waals surface area contributed by atoms with Crippen molar-refractivity contribution in [2.75, 3.05) is 11.9 Å². The molecule has 0 saturated carbocycles. The Morgan fingerprint density at radius 2 is 2.33 bits per heavy atom. The van der Waals surface area contributed by atoms with Crippen LogP contribution < -0.4 is 5.32 Å². The van der Waals surface area contributed by atoms with Crippen LogP contribution in [0.1, 0.15) is 18.4 Å². The SMILES string of the molecule is N#Cc1c(F)cccc1NC1=NCCC1. The minimum atomic E-state index is -0.499. The second kappa shape index (κ2) is 4.09. The summed E-state index contributed by atoms with van der Waals surface area (Å²) in [6.45, 7) is 0.805. The van der Waals surface area contributed by atoms with Gasteiger partial charge in [-0.2, -0.15) is 5.26 Å². The molecule has 0 unspecified atom stereocenters. The van der Waals surface area contributed by atoms with Crippen LogP contribution in [0.4, 0.5) is 10.1 Å². The highest BCUT2D eigenvalue weighted by Gasteiger charge is 2.11. The summed E-state index contributed by atoms with van der Waals surface area (Å²) >= 11 is 0. The molecule has 0 aromatic heterocycles. The van der Waals surface area contributed by atoms with Crippen molar-refractivity contribution < 1.29 is 4.39 Å². The summed E-state index contributed by atoms with van der Waals surface area (Å²) < 4.78 is 13.2. The van der Waals surface area contributed by atoms with Gasteiger partial charge in [-0.05, 0) is 18.6 Å². The largest absolute Gasteiger partial charge is 0.343 e. The fourth-order valence-electron chi connectivity index (χ4n) is 1.54. The van der Waals surface area contributed by atoms with E-state index in [1.54, 1.807) is 12.1 Å². The molecule has 1 aromatic rings. The van der Waals surface area contributed by atoms with E-state index >= 15 is 0 Å². The third-order valence-corrected chi connectivity index (χ3v) is 2.28. The van der Waals surface area contributed by atoms with E-state index in [1.807, 2.05) is 6.07 Å². The number of hydrogen-bond donors (Lipinski definition) is 1. The van der Waals surface area contributed by atoms with Crippen molar-refractivity contribution in [3.63, 3.8) is 0 Å². The average Bonchev–Trinajstić information content (AvgIpc) is 2.71. The van der Waals surface area contributed by atoms with Gasteiger partial charge in [0.25, 0.3) is 0 Å². The molecular weight excluding hydrogens is 193 g/mol. The lowest BCUT2D eigenvalue weighted by Crippen LogP contribution is -2.10. The lowest BCUT2D eigenvalue weighted by molar-refractivity contribution is 0.624. The van der Waals surface area contributed by atoms with E-state index in [0.717, 1.165) is 25.2 Å². The first-order valence-corrected chi connectivity index (χ1v) is 4.80. The number of halogens is 1. The first-order chi connectivity index (χ1) is 7.31. The Labute approximate surface area is 87.3 Å². The van der Waals surface area contributed by atoms with Crippen molar-refractivity contribution >= 4 is 11.5 Å². The molecule has 0 bridgehead atoms. The third-order valence-electron chi connectivity index (χ3n) is 2.28. The van der Waals surface area contributed by atoms with Crippen LogP contribution in [0.3, 0.4) is 0 Å². The second-order valence-corrected chi connectivity index (χ2v) is 3.33. The van der Waals surface area contributed by atoms with Gasteiger partial charge in [0.05, 0.1) is 5.69 Å². The number of aliphatic imine (C=N–C) groups is 1. The first kappa shape index (κ1) is 9.66. The minimum absolute atomic E-state index is 0.0482. The summed E-state index contributed by atoms with van der Waals surface area (Å²) in [5.41, 5.74) is 0.547. The van der Waals surface area contributed by atoms with Gasteiger partial charge in [-0.1, -0.05) is 6.07 Å². The monoisotopic (exact) mass is 203 g/mol. The fraction of sp³-hybridized carbons (Fsp3) is 0.273. The highest BCUT2D eigenvalue weighted by molar-refractivity contribution is 5.97. The van der Waals surface area contributed by atoms with Crippen molar-refractivity contribution in [1.29, 1.82) is 5.26 Å². The van der Waals surface area contributed by atoms with Gasteiger partial charge in [-0.3, -0.25) is 4.99 Å². The zero-order valence-corrected chi connectivity index (χ0v) is 8.13. The average molecular weight is 203 g/mol. The quantitative estimate of drug-likeness (QED) is 0.761. The molecule has 0 atom stereocenters. The van der Waals surface area contributed by atoms with Crippen LogP contribution in [-0.2, 0) is 0 Å². The zero-order valence-electron chi connectivity index (χ0n) is 8.13. The number of nitrogens with zero attached hydrogens (tertiary/aromatic N) is 2. The Balaban J connectivity index is 2.28. The van der Waals surface area contributed by atoms with Gasteiger partial charge in [-0.25, -0.2) is 4.39 Å². The molecule has 0 aliphatic carbocycles. The molecule has 15 heavy (non-hydrogen) atoms. The molecule has 3 nitrogen and oxygen atoms in total. The molecule has 1 aliphatic rings. The molecule has 1 N–H and O–H groups in total. The molecule has 0 radical (unpaired) electrons. The number of nitriles is 1. The molecule has 0 saturated heterocycles. The van der Waals surface area contributed by atoms with Crippen molar-refractivity contribution in [3.05, 3.63) is 29.6 Å². The molecule has 1 aromatic carbocycles. The summed E-state index contributed by atoms with van der Waals surface area (Å²) in [4.78, 5) is 4.21. The van der Waals surface area contributed by atoms with Crippen molar-refractivity contribution in [1.82, 2.24) is 0 Å². The molecule has 76 valence electrons. The van der Waals surface area contributed by atoms with E-state index in [-0.39, 0.29) is 5.56 Å². The summed E-state index contributed by atoms with van der Waals surface area (Å²) in [6.07, 6.45) is 1.88. The Morgan fingerprint density at radius 1 is 1.47 bits per heavy atom. The van der Waals surface area contributed by atoms with Gasteiger partial charge >= 0.3 is 0 Å². The normalized spacial score (nSPS) is 14.5. The molecular formula is C11H10FN3. The fourth-order valence-corrected chi connectivity index (χ4v) is 1.54. The van der Waals surface area contributed by atoms with E-state index < -0.39 is 5.82 Å². The van der Waals surface area contributed by atoms with Crippen LogP contribution in [0.5, 0.6) is 0 Å². The van der Waals surface area contributed by atoms with E-state index in [0.29, 0.717) is 5.69 Å². The van der Waals surface area contributed by atoms with Gasteiger partial charge < -0.3 is 5.32 Å². The number of rotatable bonds is 1. The van der Waals surface area contributed by atoms with Gasteiger partial charge in [-0.15, -0.1) is 0 Å². The third kappa shape index (κ3) is 1.96. The summed E-state index contributed by atoms with van der Waals surface area (Å²) in [5, 5.41) is 11.8. The lowest BCUT2D eigenvalue weighted by atomic mass is 10.2. The van der Waals surface area contributed by atoms with E-state index in [1.165, 1.54) is 6.07 Å². The Morgan fingerprint density at radius 3 is 3.00 bits per heavy atom. The van der Waals surface area contributed by atoms with Gasteiger partial charge in [0.1, 0.15) is 23.3 Å². The molecule has 0 fully saturated rings. The first-order valence-electron chi connectivity index (χ1n) is 4.80. The van der Waals surface area contributed by atoms with E-state index in [2.05, 4.69) is 10.3 Å². The summed E-state index contributed by atoms with van der Waals surface area (Å²) in [7, 11) is 0. The predicted molar refractivity (Wildman–Crippen MR) is 56.3 cm³/mol. The maximum Gasteiger partial charge on any atom is 0.143 e. The lowest BCUT2D eigenvalue weighted by Gasteiger charge is -2.07.